The van der Waals surface area contributed by atoms with Gasteiger partial charge in [0.25, 0.3) is 0 Å². The molecule has 0 aliphatic carbocycles. The molecule has 0 amide bonds. The summed E-state index contributed by atoms with van der Waals surface area (Å²) in [5, 5.41) is 11.3. The van der Waals surface area contributed by atoms with E-state index in [1.165, 1.54) is 0 Å². The fraction of sp³-hybridized carbons (Fsp3) is 0. The summed E-state index contributed by atoms with van der Waals surface area (Å²) in [6.45, 7) is 0. The Hall–Kier alpha value is -1.84. The van der Waals surface area contributed by atoms with E-state index in [9.17, 15) is 0 Å². The van der Waals surface area contributed by atoms with Crippen molar-refractivity contribution in [2.24, 2.45) is 5.73 Å². The number of aromatic nitrogens is 2. The zero-order chi connectivity index (χ0) is 8.55. The number of hydrogen-bond acceptors (Lipinski definition) is 2. The molecule has 2 aromatic rings. The molecule has 0 atom stereocenters. The van der Waals surface area contributed by atoms with Crippen LogP contribution in [0.1, 0.15) is 5.56 Å². The van der Waals surface area contributed by atoms with E-state index in [1.54, 1.807) is 16.8 Å². The third kappa shape index (κ3) is 0.852. The van der Waals surface area contributed by atoms with E-state index in [0.717, 1.165) is 11.1 Å². The van der Waals surface area contributed by atoms with Crippen molar-refractivity contribution in [2.45, 2.75) is 0 Å². The molecule has 0 fully saturated rings. The van der Waals surface area contributed by atoms with Gasteiger partial charge in [0, 0.05) is 11.8 Å². The molecule has 0 saturated heterocycles. The quantitative estimate of drug-likeness (QED) is 0.474. The van der Waals surface area contributed by atoms with Gasteiger partial charge < -0.3 is 5.73 Å². The second-order valence-electron chi connectivity index (χ2n) is 2.50. The van der Waals surface area contributed by atoms with E-state index in [-0.39, 0.29) is 5.84 Å². The molecule has 2 heterocycles. The summed E-state index contributed by atoms with van der Waals surface area (Å²) < 4.78 is 1.69. The van der Waals surface area contributed by atoms with Crippen LogP contribution in [0.4, 0.5) is 0 Å². The molecular formula is C8H8N4. The summed E-state index contributed by atoms with van der Waals surface area (Å²) in [5.41, 5.74) is 6.96. The first kappa shape index (κ1) is 6.84. The maximum atomic E-state index is 7.29. The Morgan fingerprint density at radius 2 is 2.33 bits per heavy atom. The van der Waals surface area contributed by atoms with Crippen molar-refractivity contribution in [3.63, 3.8) is 0 Å². The number of nitrogens with one attached hydrogen (secondary N) is 1. The largest absolute Gasteiger partial charge is 0.384 e. The number of nitrogen functional groups attached to an aromatic ring is 1. The van der Waals surface area contributed by atoms with Gasteiger partial charge in [-0.2, -0.15) is 5.10 Å². The number of nitrogens with zero attached hydrogens (tertiary/aromatic N) is 2. The molecule has 0 radical (unpaired) electrons. The summed E-state index contributed by atoms with van der Waals surface area (Å²) in [4.78, 5) is 0. The number of nitrogens with two attached hydrogens (primary N) is 1. The van der Waals surface area contributed by atoms with Crippen molar-refractivity contribution in [3.05, 3.63) is 36.2 Å². The van der Waals surface area contributed by atoms with Crippen LogP contribution >= 0.6 is 0 Å². The van der Waals surface area contributed by atoms with Crippen molar-refractivity contribution in [1.82, 2.24) is 9.61 Å². The average molecular weight is 160 g/mol. The molecular weight excluding hydrogens is 152 g/mol. The summed E-state index contributed by atoms with van der Waals surface area (Å²) in [5.74, 6) is 0.0705. The van der Waals surface area contributed by atoms with Gasteiger partial charge in [-0.25, -0.2) is 4.52 Å². The molecule has 4 heteroatoms. The molecule has 4 nitrogen and oxygen atoms in total. The van der Waals surface area contributed by atoms with Gasteiger partial charge >= 0.3 is 0 Å². The van der Waals surface area contributed by atoms with Gasteiger partial charge in [-0.05, 0) is 18.2 Å². The molecule has 3 N–H and O–H groups in total. The van der Waals surface area contributed by atoms with Crippen LogP contribution in [0, 0.1) is 5.41 Å². The van der Waals surface area contributed by atoms with Gasteiger partial charge in [-0.15, -0.1) is 0 Å². The van der Waals surface area contributed by atoms with Crippen molar-refractivity contribution in [2.75, 3.05) is 0 Å². The first-order valence-electron chi connectivity index (χ1n) is 3.56. The number of amidine groups is 1. The van der Waals surface area contributed by atoms with Crippen molar-refractivity contribution in [1.29, 1.82) is 5.41 Å². The van der Waals surface area contributed by atoms with E-state index in [4.69, 9.17) is 11.1 Å². The summed E-state index contributed by atoms with van der Waals surface area (Å²) >= 11 is 0. The SMILES string of the molecule is N=C(N)c1cccn2nccc12. The van der Waals surface area contributed by atoms with Crippen LogP contribution in [-0.2, 0) is 0 Å². The monoisotopic (exact) mass is 160 g/mol. The molecule has 2 rings (SSSR count). The van der Waals surface area contributed by atoms with Gasteiger partial charge in [-0.1, -0.05) is 0 Å². The lowest BCUT2D eigenvalue weighted by Crippen LogP contribution is -2.12. The lowest BCUT2D eigenvalue weighted by Gasteiger charge is -1.99. The second-order valence-corrected chi connectivity index (χ2v) is 2.50. The summed E-state index contributed by atoms with van der Waals surface area (Å²) in [7, 11) is 0. The molecule has 60 valence electrons. The minimum Gasteiger partial charge on any atom is -0.384 e. The minimum atomic E-state index is 0.0705. The van der Waals surface area contributed by atoms with Crippen molar-refractivity contribution in [3.8, 4) is 0 Å². The lowest BCUT2D eigenvalue weighted by molar-refractivity contribution is 0.959. The predicted octanol–water partition coefficient (Wildman–Crippen LogP) is 0.618. The Morgan fingerprint density at radius 3 is 3.08 bits per heavy atom. The van der Waals surface area contributed by atoms with Crippen molar-refractivity contribution < 1.29 is 0 Å². The van der Waals surface area contributed by atoms with E-state index in [2.05, 4.69) is 5.10 Å². The van der Waals surface area contributed by atoms with Gasteiger partial charge in [0.2, 0.25) is 0 Å². The zero-order valence-electron chi connectivity index (χ0n) is 6.36. The Bertz CT molecular complexity index is 429. The fourth-order valence-electron chi connectivity index (χ4n) is 1.18. The van der Waals surface area contributed by atoms with Crippen LogP contribution in [0.3, 0.4) is 0 Å². The Kier molecular flexibility index (Phi) is 1.33. The van der Waals surface area contributed by atoms with Crippen molar-refractivity contribution >= 4 is 11.4 Å². The Morgan fingerprint density at radius 1 is 1.50 bits per heavy atom. The number of hydrogen-bond donors (Lipinski definition) is 2. The van der Waals surface area contributed by atoms with Crippen LogP contribution in [0.25, 0.3) is 5.52 Å². The molecule has 2 aromatic heterocycles. The van der Waals surface area contributed by atoms with E-state index < -0.39 is 0 Å². The maximum absolute atomic E-state index is 7.29. The number of fused-ring (bicyclic) bond motifs is 1. The first-order valence-corrected chi connectivity index (χ1v) is 3.56. The lowest BCUT2D eigenvalue weighted by atomic mass is 10.2. The highest BCUT2D eigenvalue weighted by Gasteiger charge is 2.02. The molecule has 0 spiro atoms. The highest BCUT2D eigenvalue weighted by Crippen LogP contribution is 2.08. The predicted molar refractivity (Wildman–Crippen MR) is 46.2 cm³/mol. The van der Waals surface area contributed by atoms with Crippen LogP contribution in [0.15, 0.2) is 30.6 Å². The highest BCUT2D eigenvalue weighted by atomic mass is 15.2. The summed E-state index contributed by atoms with van der Waals surface area (Å²) in [6, 6.07) is 5.45. The van der Waals surface area contributed by atoms with Crippen LogP contribution in [0.2, 0.25) is 0 Å². The maximum Gasteiger partial charge on any atom is 0.124 e. The fourth-order valence-corrected chi connectivity index (χ4v) is 1.18. The molecule has 12 heavy (non-hydrogen) atoms. The molecule has 0 aliphatic rings. The van der Waals surface area contributed by atoms with Gasteiger partial charge in [0.15, 0.2) is 0 Å². The van der Waals surface area contributed by atoms with Gasteiger partial charge in [0.1, 0.15) is 5.84 Å². The van der Waals surface area contributed by atoms with E-state index in [1.807, 2.05) is 18.3 Å². The third-order valence-electron chi connectivity index (χ3n) is 1.73. The first-order chi connectivity index (χ1) is 5.79. The zero-order valence-corrected chi connectivity index (χ0v) is 6.36. The Balaban J connectivity index is 2.82. The highest BCUT2D eigenvalue weighted by molar-refractivity contribution is 6.01. The molecule has 0 aliphatic heterocycles. The Labute approximate surface area is 69.1 Å². The van der Waals surface area contributed by atoms with Gasteiger partial charge in [-0.3, -0.25) is 5.41 Å². The van der Waals surface area contributed by atoms with Crippen LogP contribution in [-0.4, -0.2) is 15.4 Å². The standard InChI is InChI=1S/C8H8N4/c9-8(10)6-2-1-5-12-7(6)3-4-11-12/h1-5H,(H3,9,10). The number of pyridine rings is 1. The minimum absolute atomic E-state index is 0.0705. The molecule has 0 saturated carbocycles. The van der Waals surface area contributed by atoms with Crippen LogP contribution < -0.4 is 5.73 Å². The van der Waals surface area contributed by atoms with Crippen LogP contribution in [0.5, 0.6) is 0 Å². The second kappa shape index (κ2) is 2.34. The smallest absolute Gasteiger partial charge is 0.124 e. The normalized spacial score (nSPS) is 10.3. The average Bonchev–Trinajstić information content (AvgIpc) is 2.49. The summed E-state index contributed by atoms with van der Waals surface area (Å²) in [6.07, 6.45) is 3.50. The topological polar surface area (TPSA) is 67.2 Å². The van der Waals surface area contributed by atoms with E-state index >= 15 is 0 Å². The molecule has 0 unspecified atom stereocenters. The number of rotatable bonds is 1. The van der Waals surface area contributed by atoms with Gasteiger partial charge in [0.05, 0.1) is 11.7 Å². The molecule has 0 aromatic carbocycles. The van der Waals surface area contributed by atoms with E-state index in [0.29, 0.717) is 0 Å². The third-order valence-corrected chi connectivity index (χ3v) is 1.73. The molecule has 0 bridgehead atoms.